The molecule has 3 aromatic rings. The van der Waals surface area contributed by atoms with Crippen LogP contribution >= 0.6 is 0 Å². The van der Waals surface area contributed by atoms with Gasteiger partial charge in [0.2, 0.25) is 5.91 Å². The van der Waals surface area contributed by atoms with Gasteiger partial charge < -0.3 is 15.6 Å². The molecule has 0 saturated heterocycles. The molecule has 0 aromatic heterocycles. The Kier molecular flexibility index (Phi) is 7.46. The number of primary amides is 1. The van der Waals surface area contributed by atoms with Crippen molar-refractivity contribution in [3.63, 3.8) is 0 Å². The van der Waals surface area contributed by atoms with Crippen molar-refractivity contribution in [3.8, 4) is 0 Å². The van der Waals surface area contributed by atoms with Crippen molar-refractivity contribution >= 4 is 18.0 Å². The molecule has 1 unspecified atom stereocenters. The van der Waals surface area contributed by atoms with Crippen LogP contribution in [0.5, 0.6) is 0 Å². The van der Waals surface area contributed by atoms with Crippen molar-refractivity contribution in [1.82, 2.24) is 4.90 Å². The van der Waals surface area contributed by atoms with E-state index in [4.69, 9.17) is 10.5 Å². The van der Waals surface area contributed by atoms with Crippen LogP contribution in [0.4, 0.5) is 4.79 Å². The zero-order valence-corrected chi connectivity index (χ0v) is 18.3. The third kappa shape index (κ3) is 4.72. The Morgan fingerprint density at radius 1 is 0.848 bits per heavy atom. The third-order valence-corrected chi connectivity index (χ3v) is 5.57. The zero-order valence-electron chi connectivity index (χ0n) is 18.3. The van der Waals surface area contributed by atoms with Gasteiger partial charge in [-0.25, -0.2) is 9.59 Å². The number of methoxy groups -OCH3 is 1. The van der Waals surface area contributed by atoms with Gasteiger partial charge in [0, 0.05) is 6.42 Å². The van der Waals surface area contributed by atoms with Gasteiger partial charge in [-0.15, -0.1) is 0 Å². The lowest BCUT2D eigenvalue weighted by atomic mass is 9.74. The van der Waals surface area contributed by atoms with Gasteiger partial charge in [-0.05, 0) is 23.1 Å². The normalized spacial score (nSPS) is 11.9. The van der Waals surface area contributed by atoms with Crippen molar-refractivity contribution in [2.45, 2.75) is 24.4 Å². The van der Waals surface area contributed by atoms with Gasteiger partial charge in [-0.3, -0.25) is 9.69 Å². The zero-order chi connectivity index (χ0) is 23.8. The molecular weight excluding hydrogens is 420 g/mol. The van der Waals surface area contributed by atoms with E-state index in [2.05, 4.69) is 0 Å². The van der Waals surface area contributed by atoms with Gasteiger partial charge >= 0.3 is 12.1 Å². The van der Waals surface area contributed by atoms with Crippen LogP contribution in [0, 0.1) is 0 Å². The fourth-order valence-corrected chi connectivity index (χ4v) is 4.19. The van der Waals surface area contributed by atoms with E-state index in [1.54, 1.807) is 0 Å². The van der Waals surface area contributed by atoms with Crippen molar-refractivity contribution in [2.75, 3.05) is 7.11 Å². The highest BCUT2D eigenvalue weighted by atomic mass is 16.5. The molecule has 3 rings (SSSR count). The average molecular weight is 447 g/mol. The first-order chi connectivity index (χ1) is 15.9. The van der Waals surface area contributed by atoms with Crippen molar-refractivity contribution in [2.24, 2.45) is 5.73 Å². The number of nitrogens with zero attached hydrogens (tertiary/aromatic N) is 1. The van der Waals surface area contributed by atoms with E-state index in [-0.39, 0.29) is 12.8 Å². The number of aliphatic carboxylic acids is 1. The minimum absolute atomic E-state index is 0.173. The molecule has 7 nitrogen and oxygen atoms in total. The van der Waals surface area contributed by atoms with Gasteiger partial charge in [-0.1, -0.05) is 91.0 Å². The second-order valence-corrected chi connectivity index (χ2v) is 7.51. The van der Waals surface area contributed by atoms with Crippen molar-refractivity contribution < 1.29 is 24.2 Å². The summed E-state index contributed by atoms with van der Waals surface area (Å²) in [6, 6.07) is 26.1. The lowest BCUT2D eigenvalue weighted by Gasteiger charge is -2.47. The molecule has 2 amide bonds. The highest BCUT2D eigenvalue weighted by Gasteiger charge is 2.50. The number of carboxylic acid groups (broad SMARTS) is 1. The molecular formula is C26H26N2O5. The summed E-state index contributed by atoms with van der Waals surface area (Å²) < 4.78 is 5.13. The number of carboxylic acids is 1. The Labute approximate surface area is 192 Å². The maximum Gasteiger partial charge on any atom is 0.411 e. The number of carbonyl (C=O) groups excluding carboxylic acids is 2. The molecule has 0 aliphatic carbocycles. The largest absolute Gasteiger partial charge is 0.480 e. The number of benzene rings is 3. The molecule has 0 aliphatic heterocycles. The Bertz CT molecular complexity index is 991. The smallest absolute Gasteiger partial charge is 0.411 e. The minimum Gasteiger partial charge on any atom is -0.480 e. The number of hydrogen-bond donors (Lipinski definition) is 2. The Hall–Kier alpha value is -4.13. The summed E-state index contributed by atoms with van der Waals surface area (Å²) in [6.45, 7) is 0. The van der Waals surface area contributed by atoms with Gasteiger partial charge in [0.05, 0.1) is 7.11 Å². The van der Waals surface area contributed by atoms with Crippen molar-refractivity contribution in [3.05, 3.63) is 108 Å². The van der Waals surface area contributed by atoms with Crippen LogP contribution < -0.4 is 5.73 Å². The van der Waals surface area contributed by atoms with Crippen LogP contribution in [0.2, 0.25) is 0 Å². The molecule has 7 heteroatoms. The predicted octanol–water partition coefficient (Wildman–Crippen LogP) is 3.77. The lowest BCUT2D eigenvalue weighted by molar-refractivity contribution is -0.144. The number of nitrogens with two attached hydrogens (primary N) is 1. The first-order valence-electron chi connectivity index (χ1n) is 10.5. The minimum atomic E-state index is -1.40. The molecule has 0 spiro atoms. The molecule has 3 aromatic carbocycles. The van der Waals surface area contributed by atoms with Gasteiger partial charge in [0.15, 0.2) is 0 Å². The van der Waals surface area contributed by atoms with Crippen LogP contribution in [-0.4, -0.2) is 41.1 Å². The molecule has 1 atom stereocenters. The van der Waals surface area contributed by atoms with E-state index >= 15 is 0 Å². The molecule has 0 fully saturated rings. The molecule has 0 heterocycles. The van der Waals surface area contributed by atoms with E-state index in [0.717, 1.165) is 0 Å². The van der Waals surface area contributed by atoms with Crippen LogP contribution in [0.3, 0.4) is 0 Å². The summed E-state index contributed by atoms with van der Waals surface area (Å²) in [4.78, 5) is 38.7. The summed E-state index contributed by atoms with van der Waals surface area (Å²) >= 11 is 0. The summed E-state index contributed by atoms with van der Waals surface area (Å²) in [6.07, 6.45) is -1.23. The van der Waals surface area contributed by atoms with E-state index < -0.39 is 29.6 Å². The van der Waals surface area contributed by atoms with Crippen LogP contribution in [0.25, 0.3) is 0 Å². The van der Waals surface area contributed by atoms with Crippen LogP contribution in [-0.2, 0) is 19.9 Å². The van der Waals surface area contributed by atoms with E-state index in [9.17, 15) is 19.5 Å². The highest BCUT2D eigenvalue weighted by molar-refractivity contribution is 5.83. The van der Waals surface area contributed by atoms with E-state index in [0.29, 0.717) is 16.7 Å². The molecule has 3 N–H and O–H groups in total. The number of carbonyl (C=O) groups is 3. The fraction of sp³-hybridized carbons (Fsp3) is 0.192. The Morgan fingerprint density at radius 3 is 1.55 bits per heavy atom. The van der Waals surface area contributed by atoms with E-state index in [1.165, 1.54) is 12.0 Å². The Balaban J connectivity index is 2.44. The second kappa shape index (κ2) is 10.5. The SMILES string of the molecule is COC(=O)N(C(CCC(N)=O)C(=O)O)C(c1ccccc1)(c1ccccc1)c1ccccc1. The molecule has 33 heavy (non-hydrogen) atoms. The summed E-state index contributed by atoms with van der Waals surface area (Å²) in [5, 5.41) is 10.2. The van der Waals surface area contributed by atoms with Gasteiger partial charge in [-0.2, -0.15) is 0 Å². The maximum atomic E-state index is 13.4. The van der Waals surface area contributed by atoms with E-state index in [1.807, 2.05) is 91.0 Å². The molecule has 0 radical (unpaired) electrons. The van der Waals surface area contributed by atoms with Crippen LogP contribution in [0.1, 0.15) is 29.5 Å². The summed E-state index contributed by atoms with van der Waals surface area (Å²) in [5.41, 5.74) is 5.96. The van der Waals surface area contributed by atoms with Gasteiger partial charge in [0.1, 0.15) is 11.6 Å². The maximum absolute atomic E-state index is 13.4. The summed E-state index contributed by atoms with van der Waals surface area (Å²) in [5.74, 6) is -1.93. The first-order valence-corrected chi connectivity index (χ1v) is 10.5. The average Bonchev–Trinajstić information content (AvgIpc) is 2.84. The quantitative estimate of drug-likeness (QED) is 0.486. The second-order valence-electron chi connectivity index (χ2n) is 7.51. The third-order valence-electron chi connectivity index (χ3n) is 5.57. The number of amides is 2. The highest BCUT2D eigenvalue weighted by Crippen LogP contribution is 2.44. The lowest BCUT2D eigenvalue weighted by Crippen LogP contribution is -2.58. The molecule has 170 valence electrons. The Morgan fingerprint density at radius 2 is 1.24 bits per heavy atom. The molecule has 0 bridgehead atoms. The number of rotatable bonds is 9. The topological polar surface area (TPSA) is 110 Å². The molecule has 0 saturated carbocycles. The standard InChI is InChI=1S/C26H26N2O5/c1-33-25(32)28(22(24(30)31)17-18-23(27)29)26(19-11-5-2-6-12-19,20-13-7-3-8-14-20)21-15-9-4-10-16-21/h2-16,22H,17-18H2,1H3,(H2,27,29)(H,30,31). The monoisotopic (exact) mass is 446 g/mol. The van der Waals surface area contributed by atoms with Crippen molar-refractivity contribution in [1.29, 1.82) is 0 Å². The number of ether oxygens (including phenoxy) is 1. The summed E-state index contributed by atoms with van der Waals surface area (Å²) in [7, 11) is 1.20. The fourth-order valence-electron chi connectivity index (χ4n) is 4.19. The van der Waals surface area contributed by atoms with Crippen LogP contribution in [0.15, 0.2) is 91.0 Å². The first kappa shape index (κ1) is 23.5. The number of hydrogen-bond acceptors (Lipinski definition) is 4. The molecule has 0 aliphatic rings. The van der Waals surface area contributed by atoms with Gasteiger partial charge in [0.25, 0.3) is 0 Å². The predicted molar refractivity (Wildman–Crippen MR) is 123 cm³/mol.